The van der Waals surface area contributed by atoms with E-state index < -0.39 is 0 Å². The van der Waals surface area contributed by atoms with Crippen molar-refractivity contribution in [3.63, 3.8) is 0 Å². The van der Waals surface area contributed by atoms with E-state index in [4.69, 9.17) is 0 Å². The molecule has 2 rings (SSSR count). The van der Waals surface area contributed by atoms with Gasteiger partial charge in [0.05, 0.1) is 0 Å². The Morgan fingerprint density at radius 3 is 3.00 bits per heavy atom. The van der Waals surface area contributed by atoms with E-state index in [-0.39, 0.29) is 0 Å². The number of nitrogens with one attached hydrogen (secondary N) is 1. The number of rotatable bonds is 5. The third kappa shape index (κ3) is 2.55. The second-order valence-corrected chi connectivity index (χ2v) is 5.28. The van der Waals surface area contributed by atoms with Crippen LogP contribution in [0.4, 0.5) is 0 Å². The van der Waals surface area contributed by atoms with Crippen LogP contribution in [0.25, 0.3) is 0 Å². The predicted molar refractivity (Wildman–Crippen MR) is 60.5 cm³/mol. The number of hydrogen-bond donors (Lipinski definition) is 1. The Bertz CT molecular complexity index is 291. The normalized spacial score (nSPS) is 18.4. The maximum Gasteiger partial charge on any atom is 0.107 e. The minimum absolute atomic E-state index is 0.670. The zero-order valence-corrected chi connectivity index (χ0v) is 9.73. The highest BCUT2D eigenvalue weighted by Gasteiger charge is 2.27. The lowest BCUT2D eigenvalue weighted by Gasteiger charge is -2.10. The quantitative estimate of drug-likeness (QED) is 0.808. The van der Waals surface area contributed by atoms with Crippen molar-refractivity contribution in [3.8, 4) is 0 Å². The van der Waals surface area contributed by atoms with Gasteiger partial charge in [-0.05, 0) is 32.1 Å². The van der Waals surface area contributed by atoms with Crippen molar-refractivity contribution in [2.75, 3.05) is 0 Å². The lowest BCUT2D eigenvalue weighted by molar-refractivity contribution is 0.495. The van der Waals surface area contributed by atoms with Crippen molar-refractivity contribution < 1.29 is 0 Å². The highest BCUT2D eigenvalue weighted by Crippen LogP contribution is 2.32. The van der Waals surface area contributed by atoms with Crippen molar-refractivity contribution in [3.05, 3.63) is 16.1 Å². The van der Waals surface area contributed by atoms with Gasteiger partial charge in [0.25, 0.3) is 0 Å². The molecule has 0 amide bonds. The van der Waals surface area contributed by atoms with E-state index in [0.29, 0.717) is 6.04 Å². The molecule has 1 aromatic heterocycles. The second kappa shape index (κ2) is 4.41. The Balaban J connectivity index is 1.78. The van der Waals surface area contributed by atoms with Crippen LogP contribution in [0.5, 0.6) is 0 Å². The van der Waals surface area contributed by atoms with Crippen molar-refractivity contribution in [2.45, 2.75) is 45.7 Å². The Labute approximate surface area is 89.8 Å². The van der Waals surface area contributed by atoms with Crippen molar-refractivity contribution in [1.29, 1.82) is 0 Å². The first-order valence-electron chi connectivity index (χ1n) is 5.46. The average Bonchev–Trinajstić information content (AvgIpc) is 2.94. The smallest absolute Gasteiger partial charge is 0.107 e. The summed E-state index contributed by atoms with van der Waals surface area (Å²) in [5, 5.41) is 4.78. The third-order valence-electron chi connectivity index (χ3n) is 2.85. The number of nitrogens with zero attached hydrogens (tertiary/aromatic N) is 1. The van der Waals surface area contributed by atoms with E-state index in [1.165, 1.54) is 22.7 Å². The molecule has 0 spiro atoms. The highest BCUT2D eigenvalue weighted by atomic mass is 32.1. The summed E-state index contributed by atoms with van der Waals surface area (Å²) in [6.07, 6.45) is 5.93. The molecule has 0 saturated heterocycles. The molecule has 2 nitrogen and oxygen atoms in total. The minimum atomic E-state index is 0.670. The van der Waals surface area contributed by atoms with Crippen LogP contribution in [0.1, 0.15) is 36.6 Å². The van der Waals surface area contributed by atoms with Gasteiger partial charge in [-0.25, -0.2) is 4.98 Å². The molecule has 0 aromatic carbocycles. The molecule has 1 aliphatic carbocycles. The van der Waals surface area contributed by atoms with Gasteiger partial charge >= 0.3 is 0 Å². The van der Waals surface area contributed by atoms with Crippen molar-refractivity contribution in [1.82, 2.24) is 10.3 Å². The van der Waals surface area contributed by atoms with Gasteiger partial charge in [-0.15, -0.1) is 11.3 Å². The molecular formula is C11H18N2S. The second-order valence-electron chi connectivity index (χ2n) is 4.08. The zero-order valence-electron chi connectivity index (χ0n) is 8.92. The SMILES string of the molecule is CCc1cnc(CNC(C)C2CC2)s1. The fraction of sp³-hybridized carbons (Fsp3) is 0.727. The van der Waals surface area contributed by atoms with Crippen LogP contribution >= 0.6 is 11.3 Å². The van der Waals surface area contributed by atoms with Crippen molar-refractivity contribution in [2.24, 2.45) is 5.92 Å². The first kappa shape index (κ1) is 10.1. The number of aromatic nitrogens is 1. The third-order valence-corrected chi connectivity index (χ3v) is 4.00. The van der Waals surface area contributed by atoms with Crippen LogP contribution in [0.3, 0.4) is 0 Å². The Hall–Kier alpha value is -0.410. The van der Waals surface area contributed by atoms with E-state index >= 15 is 0 Å². The van der Waals surface area contributed by atoms with Gasteiger partial charge in [0.2, 0.25) is 0 Å². The first-order chi connectivity index (χ1) is 6.79. The molecule has 1 aliphatic rings. The maximum absolute atomic E-state index is 4.39. The van der Waals surface area contributed by atoms with Crippen LogP contribution in [0.2, 0.25) is 0 Å². The Morgan fingerprint density at radius 1 is 1.64 bits per heavy atom. The summed E-state index contributed by atoms with van der Waals surface area (Å²) in [5.74, 6) is 0.931. The molecule has 0 radical (unpaired) electrons. The minimum Gasteiger partial charge on any atom is -0.308 e. The summed E-state index contributed by atoms with van der Waals surface area (Å²) in [6, 6.07) is 0.670. The Morgan fingerprint density at radius 2 is 2.43 bits per heavy atom. The molecule has 1 unspecified atom stereocenters. The topological polar surface area (TPSA) is 24.9 Å². The summed E-state index contributed by atoms with van der Waals surface area (Å²) >= 11 is 1.83. The zero-order chi connectivity index (χ0) is 9.97. The molecular weight excluding hydrogens is 192 g/mol. The fourth-order valence-electron chi connectivity index (χ4n) is 1.60. The van der Waals surface area contributed by atoms with Crippen molar-refractivity contribution >= 4 is 11.3 Å². The lowest BCUT2D eigenvalue weighted by Crippen LogP contribution is -2.27. The summed E-state index contributed by atoms with van der Waals surface area (Å²) in [6.45, 7) is 5.41. The van der Waals surface area contributed by atoms with Crippen LogP contribution < -0.4 is 5.32 Å². The molecule has 1 saturated carbocycles. The van der Waals surface area contributed by atoms with Gasteiger partial charge in [0.1, 0.15) is 5.01 Å². The van der Waals surface area contributed by atoms with E-state index in [1.807, 2.05) is 17.5 Å². The largest absolute Gasteiger partial charge is 0.308 e. The summed E-state index contributed by atoms with van der Waals surface area (Å²) in [5.41, 5.74) is 0. The Kier molecular flexibility index (Phi) is 3.19. The van der Waals surface area contributed by atoms with E-state index in [2.05, 4.69) is 24.1 Å². The lowest BCUT2D eigenvalue weighted by atomic mass is 10.2. The monoisotopic (exact) mass is 210 g/mol. The van der Waals surface area contributed by atoms with E-state index in [1.54, 1.807) is 0 Å². The van der Waals surface area contributed by atoms with Crippen LogP contribution in [0.15, 0.2) is 6.20 Å². The van der Waals surface area contributed by atoms with Crippen LogP contribution in [-0.2, 0) is 13.0 Å². The molecule has 0 aliphatic heterocycles. The molecule has 1 N–H and O–H groups in total. The van der Waals surface area contributed by atoms with Gasteiger partial charge in [-0.1, -0.05) is 6.92 Å². The van der Waals surface area contributed by atoms with E-state index in [9.17, 15) is 0 Å². The summed E-state index contributed by atoms with van der Waals surface area (Å²) in [4.78, 5) is 5.78. The molecule has 78 valence electrons. The average molecular weight is 210 g/mol. The molecule has 0 bridgehead atoms. The predicted octanol–water partition coefficient (Wildman–Crippen LogP) is 2.59. The molecule has 14 heavy (non-hydrogen) atoms. The standard InChI is InChI=1S/C11H18N2S/c1-3-10-6-13-11(14-10)7-12-8(2)9-4-5-9/h6,8-9,12H,3-5,7H2,1-2H3. The molecule has 1 heterocycles. The molecule has 1 aromatic rings. The van der Waals surface area contributed by atoms with Gasteiger partial charge in [-0.3, -0.25) is 0 Å². The van der Waals surface area contributed by atoms with Gasteiger partial charge in [-0.2, -0.15) is 0 Å². The van der Waals surface area contributed by atoms with Gasteiger partial charge < -0.3 is 5.32 Å². The van der Waals surface area contributed by atoms with Crippen LogP contribution in [0, 0.1) is 5.92 Å². The van der Waals surface area contributed by atoms with Gasteiger partial charge in [0, 0.05) is 23.7 Å². The first-order valence-corrected chi connectivity index (χ1v) is 6.28. The maximum atomic E-state index is 4.39. The number of aryl methyl sites for hydroxylation is 1. The highest BCUT2D eigenvalue weighted by molar-refractivity contribution is 7.11. The van der Waals surface area contributed by atoms with Gasteiger partial charge in [0.15, 0.2) is 0 Å². The molecule has 3 heteroatoms. The number of thiazole rings is 1. The molecule has 1 atom stereocenters. The summed E-state index contributed by atoms with van der Waals surface area (Å²) < 4.78 is 0. The molecule has 1 fully saturated rings. The fourth-order valence-corrected chi connectivity index (χ4v) is 2.42. The number of hydrogen-bond acceptors (Lipinski definition) is 3. The summed E-state index contributed by atoms with van der Waals surface area (Å²) in [7, 11) is 0. The van der Waals surface area contributed by atoms with E-state index in [0.717, 1.165) is 18.9 Å². The van der Waals surface area contributed by atoms with Crippen LogP contribution in [-0.4, -0.2) is 11.0 Å².